The molecule has 6 atom stereocenters. The number of hydrogen-bond donors (Lipinski definition) is 4. The number of aliphatic hydroxyl groups is 2. The number of methoxy groups -OCH3 is 1. The zero-order valence-electron chi connectivity index (χ0n) is 25.2. The molecule has 6 rings (SSSR count). The number of nitrogens with one attached hydrogen (secondary N) is 1. The number of benzene rings is 2. The van der Waals surface area contributed by atoms with Gasteiger partial charge in [-0.2, -0.15) is 15.1 Å². The maximum absolute atomic E-state index is 14.4. The Morgan fingerprint density at radius 2 is 1.98 bits per heavy atom. The fourth-order valence-corrected chi connectivity index (χ4v) is 7.60. The average Bonchev–Trinajstić information content (AvgIpc) is 3.44. The molecule has 17 heteroatoms. The Bertz CT molecular complexity index is 1810. The van der Waals surface area contributed by atoms with Gasteiger partial charge in [-0.05, 0) is 44.6 Å². The summed E-state index contributed by atoms with van der Waals surface area (Å²) in [6.07, 6.45) is -1.63. The smallest absolute Gasteiger partial charge is 0.459 e. The second-order valence-corrected chi connectivity index (χ2v) is 14.1. The van der Waals surface area contributed by atoms with Crippen molar-refractivity contribution in [3.05, 3.63) is 46.3 Å². The average molecular weight is 769 g/mol. The predicted molar refractivity (Wildman–Crippen MR) is 174 cm³/mol. The van der Waals surface area contributed by atoms with E-state index < -0.39 is 50.4 Å². The standard InChI is InChI=1S/C29H34IN6O9P/c1-15(25(38)43-17-10-7-11-17)35-46(40,45-19-13-6-9-16-8-4-5-12-18(16)19)42-14-20-22(37)29(2,39)26(44-20)36-23-21(32-27(36)30)24(41-3)34-28(31)33-23/h4-6,8-9,12-13,15,17,20,22,26,37,39H,7,10-11,14H2,1-3H3,(H,35,40)(H2,31,33,34)/t15-,20+,22+,26+,29+,46?/m0/s1. The molecule has 2 fully saturated rings. The number of nitrogens with two attached hydrogens (primary N) is 1. The number of hydrogen-bond acceptors (Lipinski definition) is 13. The van der Waals surface area contributed by atoms with Gasteiger partial charge in [-0.25, -0.2) is 9.55 Å². The molecule has 246 valence electrons. The first kappa shape index (κ1) is 32.8. The van der Waals surface area contributed by atoms with Crippen LogP contribution in [-0.4, -0.2) is 79.4 Å². The molecule has 4 aromatic rings. The van der Waals surface area contributed by atoms with E-state index in [1.54, 1.807) is 18.2 Å². The quantitative estimate of drug-likeness (QED) is 0.0748. The van der Waals surface area contributed by atoms with E-state index in [9.17, 15) is 19.6 Å². The van der Waals surface area contributed by atoms with Crippen molar-refractivity contribution in [3.63, 3.8) is 0 Å². The summed E-state index contributed by atoms with van der Waals surface area (Å²) in [6.45, 7) is 2.38. The molecule has 15 nitrogen and oxygen atoms in total. The van der Waals surface area contributed by atoms with Gasteiger partial charge in [0, 0.05) is 28.0 Å². The normalized spacial score (nSPS) is 25.2. The zero-order chi connectivity index (χ0) is 32.8. The largest absolute Gasteiger partial charge is 0.479 e. The van der Waals surface area contributed by atoms with Gasteiger partial charge in [0.2, 0.25) is 11.8 Å². The van der Waals surface area contributed by atoms with Crippen LogP contribution in [0.4, 0.5) is 5.95 Å². The number of aromatic nitrogens is 4. The summed E-state index contributed by atoms with van der Waals surface area (Å²) in [6, 6.07) is 11.5. The summed E-state index contributed by atoms with van der Waals surface area (Å²) in [7, 11) is -2.94. The van der Waals surface area contributed by atoms with Crippen LogP contribution in [0.5, 0.6) is 11.6 Å². The van der Waals surface area contributed by atoms with Crippen LogP contribution in [0.1, 0.15) is 39.3 Å². The summed E-state index contributed by atoms with van der Waals surface area (Å²) in [4.78, 5) is 25.6. The molecule has 0 spiro atoms. The maximum atomic E-state index is 14.4. The highest BCUT2D eigenvalue weighted by atomic mass is 127. The topological polar surface area (TPSA) is 202 Å². The van der Waals surface area contributed by atoms with Crippen molar-refractivity contribution in [1.82, 2.24) is 24.6 Å². The predicted octanol–water partition coefficient (Wildman–Crippen LogP) is 3.46. The number of carbonyl (C=O) groups is 1. The molecule has 2 aromatic heterocycles. The lowest BCUT2D eigenvalue weighted by molar-refractivity contribution is -0.154. The van der Waals surface area contributed by atoms with Crippen LogP contribution in [0.2, 0.25) is 0 Å². The Kier molecular flexibility index (Phi) is 9.14. The Hall–Kier alpha value is -3.12. The highest BCUT2D eigenvalue weighted by Gasteiger charge is 2.55. The molecule has 0 amide bonds. The molecular weight excluding hydrogens is 734 g/mol. The molecule has 0 bridgehead atoms. The molecule has 2 aromatic carbocycles. The lowest BCUT2D eigenvalue weighted by atomic mass is 9.96. The van der Waals surface area contributed by atoms with Crippen molar-refractivity contribution < 1.29 is 42.8 Å². The number of carbonyl (C=O) groups excluding carboxylic acids is 1. The Morgan fingerprint density at radius 3 is 2.70 bits per heavy atom. The van der Waals surface area contributed by atoms with Crippen LogP contribution in [0.25, 0.3) is 21.9 Å². The molecule has 1 saturated carbocycles. The Labute approximate surface area is 277 Å². The second kappa shape index (κ2) is 12.8. The van der Waals surface area contributed by atoms with Gasteiger partial charge in [0.1, 0.15) is 35.7 Å². The van der Waals surface area contributed by atoms with Crippen molar-refractivity contribution >= 4 is 64.2 Å². The summed E-state index contributed by atoms with van der Waals surface area (Å²) in [5, 5.41) is 26.9. The SMILES string of the molecule is COc1nc(N)nc2c1nc(I)n2[C@@H]1O[C@H](COP(=O)(N[C@@H](C)C(=O)OC2CCC2)Oc2cccc3ccccc23)[C@@H](O)[C@@]1(C)O. The molecule has 1 aliphatic carbocycles. The van der Waals surface area contributed by atoms with E-state index in [4.69, 9.17) is 29.0 Å². The number of aliphatic hydroxyl groups excluding tert-OH is 1. The molecule has 46 heavy (non-hydrogen) atoms. The van der Waals surface area contributed by atoms with Crippen molar-refractivity contribution in [1.29, 1.82) is 0 Å². The maximum Gasteiger partial charge on any atom is 0.459 e. The first-order valence-corrected chi connectivity index (χ1v) is 17.2. The van der Waals surface area contributed by atoms with E-state index in [0.29, 0.717) is 9.22 Å². The first-order chi connectivity index (χ1) is 21.9. The number of fused-ring (bicyclic) bond motifs is 2. The first-order valence-electron chi connectivity index (χ1n) is 14.6. The molecule has 1 aliphatic heterocycles. The number of ether oxygens (including phenoxy) is 3. The minimum absolute atomic E-state index is 0.0949. The number of anilines is 1. The third kappa shape index (κ3) is 6.26. The summed E-state index contributed by atoms with van der Waals surface area (Å²) in [5.74, 6) is -0.326. The highest BCUT2D eigenvalue weighted by molar-refractivity contribution is 14.1. The second-order valence-electron chi connectivity index (χ2n) is 11.4. The summed E-state index contributed by atoms with van der Waals surface area (Å²) < 4.78 is 44.9. The Balaban J connectivity index is 1.27. The van der Waals surface area contributed by atoms with E-state index in [-0.39, 0.29) is 34.8 Å². The lowest BCUT2D eigenvalue weighted by Gasteiger charge is -2.29. The number of halogens is 1. The van der Waals surface area contributed by atoms with Crippen LogP contribution in [0, 0.1) is 3.83 Å². The number of nitrogen functional groups attached to an aromatic ring is 1. The van der Waals surface area contributed by atoms with Crippen molar-refractivity contribution in [3.8, 4) is 11.6 Å². The van der Waals surface area contributed by atoms with Gasteiger partial charge in [0.15, 0.2) is 21.2 Å². The van der Waals surface area contributed by atoms with Crippen LogP contribution < -0.4 is 20.1 Å². The molecular formula is C29H34IN6O9P. The fourth-order valence-electron chi connectivity index (χ4n) is 5.35. The van der Waals surface area contributed by atoms with Crippen molar-refractivity contribution in [2.45, 2.75) is 69.3 Å². The summed E-state index contributed by atoms with van der Waals surface area (Å²) in [5.41, 5.74) is 4.47. The van der Waals surface area contributed by atoms with E-state index in [2.05, 4.69) is 20.0 Å². The van der Waals surface area contributed by atoms with Crippen molar-refractivity contribution in [2.75, 3.05) is 19.5 Å². The minimum Gasteiger partial charge on any atom is -0.479 e. The number of esters is 1. The monoisotopic (exact) mass is 768 g/mol. The molecule has 5 N–H and O–H groups in total. The van der Waals surface area contributed by atoms with E-state index in [1.807, 2.05) is 46.9 Å². The van der Waals surface area contributed by atoms with Gasteiger partial charge in [0.05, 0.1) is 13.7 Å². The molecule has 0 radical (unpaired) electrons. The van der Waals surface area contributed by atoms with Gasteiger partial charge < -0.3 is 34.7 Å². The Morgan fingerprint density at radius 1 is 1.24 bits per heavy atom. The summed E-state index contributed by atoms with van der Waals surface area (Å²) >= 11 is 1.93. The van der Waals surface area contributed by atoms with Crippen LogP contribution in [-0.2, 0) is 23.4 Å². The molecule has 1 saturated heterocycles. The highest BCUT2D eigenvalue weighted by Crippen LogP contribution is 2.49. The molecule has 3 heterocycles. The molecule has 1 unspecified atom stereocenters. The minimum atomic E-state index is -4.35. The van der Waals surface area contributed by atoms with Gasteiger partial charge in [-0.1, -0.05) is 36.4 Å². The van der Waals surface area contributed by atoms with Crippen LogP contribution in [0.3, 0.4) is 0 Å². The molecule has 2 aliphatic rings. The number of rotatable bonds is 11. The van der Waals surface area contributed by atoms with Gasteiger partial charge in [-0.3, -0.25) is 13.9 Å². The number of imidazole rings is 1. The van der Waals surface area contributed by atoms with Gasteiger partial charge in [-0.15, -0.1) is 0 Å². The third-order valence-corrected chi connectivity index (χ3v) is 10.5. The van der Waals surface area contributed by atoms with E-state index in [0.717, 1.165) is 24.6 Å². The van der Waals surface area contributed by atoms with Crippen LogP contribution >= 0.6 is 30.3 Å². The van der Waals surface area contributed by atoms with E-state index >= 15 is 0 Å². The van der Waals surface area contributed by atoms with Crippen molar-refractivity contribution in [2.24, 2.45) is 0 Å². The van der Waals surface area contributed by atoms with Gasteiger partial charge >= 0.3 is 13.7 Å². The fraction of sp³-hybridized carbons (Fsp3) is 0.448. The zero-order valence-corrected chi connectivity index (χ0v) is 28.3. The van der Waals surface area contributed by atoms with Gasteiger partial charge in [0.25, 0.3) is 0 Å². The number of nitrogens with zero attached hydrogens (tertiary/aromatic N) is 4. The third-order valence-electron chi connectivity index (χ3n) is 8.08. The van der Waals surface area contributed by atoms with E-state index in [1.165, 1.54) is 25.5 Å². The lowest BCUT2D eigenvalue weighted by Crippen LogP contribution is -2.45. The van der Waals surface area contributed by atoms with Crippen LogP contribution in [0.15, 0.2) is 42.5 Å².